The van der Waals surface area contributed by atoms with E-state index in [1.54, 1.807) is 35.3 Å². The maximum absolute atomic E-state index is 12.8. The first-order valence-corrected chi connectivity index (χ1v) is 13.9. The molecule has 1 unspecified atom stereocenters. The van der Waals surface area contributed by atoms with Crippen molar-refractivity contribution in [3.05, 3.63) is 46.2 Å². The lowest BCUT2D eigenvalue weighted by atomic mass is 9.86. The van der Waals surface area contributed by atoms with Crippen LogP contribution in [0.2, 0.25) is 0 Å². The van der Waals surface area contributed by atoms with Gasteiger partial charge in [0.15, 0.2) is 5.82 Å². The van der Waals surface area contributed by atoms with Crippen LogP contribution in [-0.4, -0.2) is 56.6 Å². The molecule has 11 nitrogen and oxygen atoms in total. The predicted molar refractivity (Wildman–Crippen MR) is 131 cm³/mol. The van der Waals surface area contributed by atoms with E-state index in [4.69, 9.17) is 5.11 Å². The molecule has 186 valence electrons. The number of carboxylic acid groups (broad SMARTS) is 1. The van der Waals surface area contributed by atoms with Gasteiger partial charge in [0.25, 0.3) is 0 Å². The van der Waals surface area contributed by atoms with Crippen molar-refractivity contribution in [2.24, 2.45) is 12.0 Å². The van der Waals surface area contributed by atoms with Gasteiger partial charge in [-0.25, -0.2) is 23.2 Å². The number of sulfonamides is 1. The molecule has 2 heterocycles. The topological polar surface area (TPSA) is 151 Å². The molecule has 1 atom stereocenters. The first-order valence-electron chi connectivity index (χ1n) is 11.6. The minimum absolute atomic E-state index is 0.0113. The summed E-state index contributed by atoms with van der Waals surface area (Å²) in [7, 11) is -1.70. The zero-order valence-electron chi connectivity index (χ0n) is 19.2. The Bertz CT molecular complexity index is 1300. The fraction of sp³-hybridized carbons (Fsp3) is 0.500. The van der Waals surface area contributed by atoms with Crippen LogP contribution >= 0.6 is 11.3 Å². The van der Waals surface area contributed by atoms with Gasteiger partial charge < -0.3 is 10.4 Å². The number of aromatic nitrogens is 4. The number of carbonyl (C=O) groups is 1. The molecule has 2 aromatic rings. The molecule has 1 amide bonds. The fourth-order valence-corrected chi connectivity index (χ4v) is 7.07. The Kier molecular flexibility index (Phi) is 6.45. The van der Waals surface area contributed by atoms with Crippen LogP contribution in [0.5, 0.6) is 0 Å². The molecule has 2 fully saturated rings. The zero-order chi connectivity index (χ0) is 24.6. The molecule has 0 saturated heterocycles. The third-order valence-electron chi connectivity index (χ3n) is 6.41. The highest BCUT2D eigenvalue weighted by atomic mass is 32.2. The van der Waals surface area contributed by atoms with Crippen molar-refractivity contribution in [1.29, 1.82) is 0 Å². The van der Waals surface area contributed by atoms with Crippen LogP contribution in [0.15, 0.2) is 41.3 Å². The van der Waals surface area contributed by atoms with Gasteiger partial charge in [0.1, 0.15) is 0 Å². The fourth-order valence-electron chi connectivity index (χ4n) is 4.44. The molecule has 5 rings (SSSR count). The third-order valence-corrected chi connectivity index (χ3v) is 9.52. The van der Waals surface area contributed by atoms with Gasteiger partial charge in [0, 0.05) is 35.8 Å². The molecular formula is C22H27N7O4S2. The summed E-state index contributed by atoms with van der Waals surface area (Å²) in [5, 5.41) is 20.0. The number of rotatable bonds is 7. The van der Waals surface area contributed by atoms with Gasteiger partial charge >= 0.3 is 6.09 Å². The lowest BCUT2D eigenvalue weighted by Crippen LogP contribution is -2.36. The number of hydrogen-bond acceptors (Lipinski definition) is 8. The van der Waals surface area contributed by atoms with E-state index in [9.17, 15) is 13.2 Å². The number of nitrogens with one attached hydrogen (secondary N) is 2. The molecule has 0 bridgehead atoms. The summed E-state index contributed by atoms with van der Waals surface area (Å²) >= 11 is 1.58. The second-order valence-electron chi connectivity index (χ2n) is 9.17. The number of nitrogens with zero attached hydrogens (tertiary/aromatic N) is 5. The van der Waals surface area contributed by atoms with Gasteiger partial charge in [-0.2, -0.15) is 0 Å². The second-order valence-corrected chi connectivity index (χ2v) is 12.2. The molecule has 2 aromatic heterocycles. The average molecular weight is 518 g/mol. The highest BCUT2D eigenvalue weighted by Gasteiger charge is 2.37. The molecule has 13 heteroatoms. The van der Waals surface area contributed by atoms with E-state index in [1.807, 2.05) is 18.3 Å². The van der Waals surface area contributed by atoms with E-state index < -0.39 is 16.1 Å². The first-order chi connectivity index (χ1) is 16.8. The van der Waals surface area contributed by atoms with Crippen LogP contribution in [0.4, 0.5) is 10.6 Å². The van der Waals surface area contributed by atoms with Gasteiger partial charge in [-0.3, -0.25) is 9.40 Å². The van der Waals surface area contributed by atoms with E-state index >= 15 is 0 Å². The Labute approximate surface area is 207 Å². The van der Waals surface area contributed by atoms with Crippen molar-refractivity contribution in [2.75, 3.05) is 0 Å². The number of amides is 1. The number of thiazole rings is 1. The van der Waals surface area contributed by atoms with Gasteiger partial charge in [0.05, 0.1) is 28.1 Å². The van der Waals surface area contributed by atoms with Crippen LogP contribution in [-0.2, 0) is 17.1 Å². The molecule has 0 aliphatic heterocycles. The van der Waals surface area contributed by atoms with Gasteiger partial charge in [-0.1, -0.05) is 11.3 Å². The molecule has 3 N–H and O–H groups in total. The minimum Gasteiger partial charge on any atom is -0.465 e. The molecule has 0 spiro atoms. The molecule has 0 aromatic carbocycles. The van der Waals surface area contributed by atoms with Crippen LogP contribution in [0, 0.1) is 0 Å². The summed E-state index contributed by atoms with van der Waals surface area (Å²) in [5.41, 5.74) is 1.14. The third kappa shape index (κ3) is 5.61. The molecule has 2 saturated carbocycles. The predicted octanol–water partition coefficient (Wildman–Crippen LogP) is 2.96. The SMILES string of the molecule is Cn1cc(N=C2C=CC(c3cnc(C4CCC(NC(=O)O)CC4)s3)C(NS(=O)(=O)C3CC3)=C2)nn1. The lowest BCUT2D eigenvalue weighted by Gasteiger charge is -2.27. The van der Waals surface area contributed by atoms with E-state index in [-0.39, 0.29) is 23.1 Å². The van der Waals surface area contributed by atoms with Crippen molar-refractivity contribution in [3.63, 3.8) is 0 Å². The Morgan fingerprint density at radius 3 is 2.66 bits per heavy atom. The Balaban J connectivity index is 1.36. The maximum atomic E-state index is 12.8. The standard InChI is InChI=1S/C22H27N7O4S2/c1-29-12-20(26-28-29)24-15-6-9-17(18(10-15)27-35(32,33)16-7-8-16)19-11-23-21(34-19)13-2-4-14(5-3-13)25-22(30)31/h6,9-14,16-17,25,27H,2-5,7-8H2,1H3,(H,30,31). The van der Waals surface area contributed by atoms with Crippen molar-refractivity contribution in [1.82, 2.24) is 30.0 Å². The van der Waals surface area contributed by atoms with Crippen LogP contribution < -0.4 is 10.0 Å². The lowest BCUT2D eigenvalue weighted by molar-refractivity contribution is 0.185. The van der Waals surface area contributed by atoms with Crippen molar-refractivity contribution in [2.45, 2.75) is 61.7 Å². The maximum Gasteiger partial charge on any atom is 0.404 e. The molecule has 35 heavy (non-hydrogen) atoms. The molecule has 3 aliphatic carbocycles. The van der Waals surface area contributed by atoms with Crippen molar-refractivity contribution >= 4 is 39.0 Å². The highest BCUT2D eigenvalue weighted by molar-refractivity contribution is 7.90. The summed E-state index contributed by atoms with van der Waals surface area (Å²) in [6, 6.07) is -0.0113. The van der Waals surface area contributed by atoms with Crippen molar-refractivity contribution in [3.8, 4) is 0 Å². The summed E-state index contributed by atoms with van der Waals surface area (Å²) in [6.45, 7) is 0. The average Bonchev–Trinajstić information content (AvgIpc) is 3.44. The summed E-state index contributed by atoms with van der Waals surface area (Å²) < 4.78 is 29.9. The zero-order valence-corrected chi connectivity index (χ0v) is 20.8. The van der Waals surface area contributed by atoms with Gasteiger partial charge in [-0.05, 0) is 50.7 Å². The molecule has 3 aliphatic rings. The monoisotopic (exact) mass is 517 g/mol. The van der Waals surface area contributed by atoms with Crippen molar-refractivity contribution < 1.29 is 18.3 Å². The minimum atomic E-state index is -3.46. The van der Waals surface area contributed by atoms with Crippen LogP contribution in [0.1, 0.15) is 60.2 Å². The molecular weight excluding hydrogens is 490 g/mol. The highest BCUT2D eigenvalue weighted by Crippen LogP contribution is 2.39. The molecule has 0 radical (unpaired) electrons. The number of allylic oxidation sites excluding steroid dienone is 3. The summed E-state index contributed by atoms with van der Waals surface area (Å²) in [6.07, 6.45) is 12.7. The van der Waals surface area contributed by atoms with Gasteiger partial charge in [-0.15, -0.1) is 16.4 Å². The Morgan fingerprint density at radius 1 is 1.23 bits per heavy atom. The summed E-state index contributed by atoms with van der Waals surface area (Å²) in [4.78, 5) is 21.0. The van der Waals surface area contributed by atoms with Gasteiger partial charge in [0.2, 0.25) is 10.0 Å². The number of aliphatic imine (C=N–C) groups is 1. The Morgan fingerprint density at radius 2 is 2.00 bits per heavy atom. The second kappa shape index (κ2) is 9.53. The Hall–Kier alpha value is -3.06. The number of aryl methyl sites for hydroxylation is 1. The van der Waals surface area contributed by atoms with E-state index in [0.717, 1.165) is 35.6 Å². The van der Waals surface area contributed by atoms with E-state index in [1.165, 1.54) is 0 Å². The van der Waals surface area contributed by atoms with Crippen LogP contribution in [0.3, 0.4) is 0 Å². The largest absolute Gasteiger partial charge is 0.465 e. The summed E-state index contributed by atoms with van der Waals surface area (Å²) in [5.74, 6) is 0.442. The first kappa shape index (κ1) is 23.7. The smallest absolute Gasteiger partial charge is 0.404 e. The van der Waals surface area contributed by atoms with E-state index in [2.05, 4.69) is 30.3 Å². The number of hydrogen-bond donors (Lipinski definition) is 3. The van der Waals surface area contributed by atoms with E-state index in [0.29, 0.717) is 30.1 Å². The quantitative estimate of drug-likeness (QED) is 0.511. The normalized spacial score (nSPS) is 25.9. The van der Waals surface area contributed by atoms with Crippen LogP contribution in [0.25, 0.3) is 0 Å².